The molecule has 3 heterocycles. The predicted octanol–water partition coefficient (Wildman–Crippen LogP) is 2.76. The molecule has 2 unspecified atom stereocenters. The molecule has 0 spiro atoms. The number of anilines is 1. The van der Waals surface area contributed by atoms with Gasteiger partial charge in [0.1, 0.15) is 12.0 Å². The Morgan fingerprint density at radius 1 is 1.14 bits per heavy atom. The first-order valence-corrected chi connectivity index (χ1v) is 12.0. The van der Waals surface area contributed by atoms with Gasteiger partial charge in [0, 0.05) is 49.6 Å². The van der Waals surface area contributed by atoms with Crippen LogP contribution in [0.15, 0.2) is 72.9 Å². The number of benzene rings is 2. The molecule has 0 radical (unpaired) electrons. The van der Waals surface area contributed by atoms with Crippen LogP contribution in [0, 0.1) is 0 Å². The second kappa shape index (κ2) is 11.1. The number of hydrogen-bond acceptors (Lipinski definition) is 8. The molecule has 1 aliphatic heterocycles. The summed E-state index contributed by atoms with van der Waals surface area (Å²) in [5.41, 5.74) is 3.74. The summed E-state index contributed by atoms with van der Waals surface area (Å²) in [6.45, 7) is 4.51. The van der Waals surface area contributed by atoms with Gasteiger partial charge >= 0.3 is 0 Å². The number of nitrogens with one attached hydrogen (secondary N) is 3. The van der Waals surface area contributed by atoms with Gasteiger partial charge in [-0.2, -0.15) is 5.21 Å². The van der Waals surface area contributed by atoms with Crippen molar-refractivity contribution in [3.05, 3.63) is 84.2 Å². The molecule has 1 fully saturated rings. The van der Waals surface area contributed by atoms with Crippen molar-refractivity contribution in [3.63, 3.8) is 0 Å². The number of ether oxygens (including phenoxy) is 1. The number of aromatic amines is 1. The molecular weight excluding hydrogens is 456 g/mol. The fourth-order valence-electron chi connectivity index (χ4n) is 4.54. The van der Waals surface area contributed by atoms with Gasteiger partial charge < -0.3 is 10.1 Å². The van der Waals surface area contributed by atoms with Crippen molar-refractivity contribution in [1.82, 2.24) is 35.8 Å². The highest BCUT2D eigenvalue weighted by Gasteiger charge is 2.29. The van der Waals surface area contributed by atoms with Crippen LogP contribution in [0.3, 0.4) is 0 Å². The summed E-state index contributed by atoms with van der Waals surface area (Å²) in [4.78, 5) is 19.9. The normalized spacial score (nSPS) is 16.9. The van der Waals surface area contributed by atoms with Gasteiger partial charge in [0.05, 0.1) is 5.56 Å². The van der Waals surface area contributed by atoms with Gasteiger partial charge in [-0.05, 0) is 35.9 Å². The van der Waals surface area contributed by atoms with E-state index < -0.39 is 0 Å². The molecule has 2 aromatic heterocycles. The third-order valence-electron chi connectivity index (χ3n) is 6.27. The van der Waals surface area contributed by atoms with E-state index in [0.717, 1.165) is 42.9 Å². The number of hydrogen-bond donors (Lipinski definition) is 3. The number of pyridine rings is 1. The van der Waals surface area contributed by atoms with Crippen LogP contribution < -0.4 is 15.4 Å². The summed E-state index contributed by atoms with van der Waals surface area (Å²) in [6, 6.07) is 21.8. The van der Waals surface area contributed by atoms with E-state index in [1.165, 1.54) is 0 Å². The average Bonchev–Trinajstić information content (AvgIpc) is 3.43. The summed E-state index contributed by atoms with van der Waals surface area (Å²) in [5, 5.41) is 19.5. The zero-order chi connectivity index (χ0) is 24.7. The SMILES string of the molecule is CC(Oc1ccccc1C(=O)Nc1nn[nH]n1)N1CCNCC1Cc1ncccc1-c1ccccc1. The molecule has 2 atom stereocenters. The number of carbonyl (C=O) groups is 1. The van der Waals surface area contributed by atoms with Crippen molar-refractivity contribution >= 4 is 11.9 Å². The van der Waals surface area contributed by atoms with Crippen LogP contribution in [0.1, 0.15) is 23.0 Å². The molecule has 2 aromatic carbocycles. The van der Waals surface area contributed by atoms with Gasteiger partial charge in [-0.15, -0.1) is 5.10 Å². The molecular formula is C26H28N8O2. The molecule has 3 N–H and O–H groups in total. The Morgan fingerprint density at radius 2 is 1.97 bits per heavy atom. The lowest BCUT2D eigenvalue weighted by molar-refractivity contribution is -0.00513. The Hall–Kier alpha value is -4.15. The Morgan fingerprint density at radius 3 is 2.81 bits per heavy atom. The molecule has 1 saturated heterocycles. The maximum absolute atomic E-state index is 12.8. The monoisotopic (exact) mass is 484 g/mol. The molecule has 1 amide bonds. The summed E-state index contributed by atoms with van der Waals surface area (Å²) >= 11 is 0. The number of nitrogens with zero attached hydrogens (tertiary/aromatic N) is 5. The van der Waals surface area contributed by atoms with E-state index in [1.54, 1.807) is 18.2 Å². The maximum Gasteiger partial charge on any atom is 0.270 e. The van der Waals surface area contributed by atoms with Gasteiger partial charge in [-0.25, -0.2) is 0 Å². The minimum absolute atomic E-state index is 0.106. The average molecular weight is 485 g/mol. The van der Waals surface area contributed by atoms with Gasteiger partial charge in [0.25, 0.3) is 11.9 Å². The van der Waals surface area contributed by atoms with E-state index in [1.807, 2.05) is 43.5 Å². The van der Waals surface area contributed by atoms with Crippen LogP contribution >= 0.6 is 0 Å². The fourth-order valence-corrected chi connectivity index (χ4v) is 4.54. The first-order valence-electron chi connectivity index (χ1n) is 12.0. The smallest absolute Gasteiger partial charge is 0.270 e. The Kier molecular flexibility index (Phi) is 7.25. The third-order valence-corrected chi connectivity index (χ3v) is 6.27. The highest BCUT2D eigenvalue weighted by atomic mass is 16.5. The zero-order valence-corrected chi connectivity index (χ0v) is 20.0. The summed E-state index contributed by atoms with van der Waals surface area (Å²) in [5.74, 6) is 0.234. The van der Waals surface area contributed by atoms with Crippen LogP contribution in [0.4, 0.5) is 5.95 Å². The number of para-hydroxylation sites is 1. The van der Waals surface area contributed by atoms with Crippen molar-refractivity contribution in [1.29, 1.82) is 0 Å². The van der Waals surface area contributed by atoms with Crippen LogP contribution in [0.2, 0.25) is 0 Å². The highest BCUT2D eigenvalue weighted by molar-refractivity contribution is 6.05. The lowest BCUT2D eigenvalue weighted by Crippen LogP contribution is -2.56. The number of amides is 1. The molecule has 0 aliphatic carbocycles. The largest absolute Gasteiger partial charge is 0.475 e. The minimum Gasteiger partial charge on any atom is -0.475 e. The Bertz CT molecular complexity index is 1280. The van der Waals surface area contributed by atoms with Crippen molar-refractivity contribution in [2.45, 2.75) is 25.6 Å². The molecule has 4 aromatic rings. The lowest BCUT2D eigenvalue weighted by Gasteiger charge is -2.40. The minimum atomic E-state index is -0.364. The van der Waals surface area contributed by atoms with Crippen molar-refractivity contribution in [2.75, 3.05) is 25.0 Å². The standard InChI is InChI=1S/C26H28N8O2/c1-18(36-24-12-6-5-10-22(24)25(35)29-26-30-32-33-31-26)34-15-14-27-17-20(34)16-23-21(11-7-13-28-23)19-8-3-2-4-9-19/h2-13,18,20,27H,14-17H2,1H3,(H2,29,30,31,32,33,35). The molecule has 36 heavy (non-hydrogen) atoms. The molecule has 10 nitrogen and oxygen atoms in total. The zero-order valence-electron chi connectivity index (χ0n) is 20.0. The van der Waals surface area contributed by atoms with Crippen molar-refractivity contribution in [3.8, 4) is 16.9 Å². The van der Waals surface area contributed by atoms with Gasteiger partial charge in [-0.3, -0.25) is 20.0 Å². The highest BCUT2D eigenvalue weighted by Crippen LogP contribution is 2.26. The van der Waals surface area contributed by atoms with Crippen LogP contribution in [-0.4, -0.2) is 68.3 Å². The predicted molar refractivity (Wildman–Crippen MR) is 135 cm³/mol. The van der Waals surface area contributed by atoms with Gasteiger partial charge in [0.2, 0.25) is 0 Å². The van der Waals surface area contributed by atoms with Gasteiger partial charge in [0.15, 0.2) is 0 Å². The summed E-state index contributed by atoms with van der Waals surface area (Å²) < 4.78 is 6.36. The van der Waals surface area contributed by atoms with Crippen molar-refractivity contribution in [2.24, 2.45) is 0 Å². The Balaban J connectivity index is 1.33. The van der Waals surface area contributed by atoms with E-state index in [-0.39, 0.29) is 24.1 Å². The second-order valence-electron chi connectivity index (χ2n) is 8.57. The maximum atomic E-state index is 12.8. The van der Waals surface area contributed by atoms with Crippen LogP contribution in [0.25, 0.3) is 11.1 Å². The number of carbonyl (C=O) groups excluding carboxylic acids is 1. The Labute approximate surface area is 209 Å². The number of piperazine rings is 1. The van der Waals surface area contributed by atoms with E-state index >= 15 is 0 Å². The lowest BCUT2D eigenvalue weighted by atomic mass is 9.98. The fraction of sp³-hybridized carbons (Fsp3) is 0.269. The van der Waals surface area contributed by atoms with E-state index in [2.05, 4.69) is 54.4 Å². The number of rotatable bonds is 8. The number of tetrazole rings is 1. The van der Waals surface area contributed by atoms with E-state index in [4.69, 9.17) is 9.72 Å². The third kappa shape index (κ3) is 5.40. The molecule has 0 saturated carbocycles. The number of H-pyrrole nitrogens is 1. The van der Waals surface area contributed by atoms with E-state index in [0.29, 0.717) is 11.3 Å². The second-order valence-corrected chi connectivity index (χ2v) is 8.57. The first kappa shape index (κ1) is 23.6. The molecule has 184 valence electrons. The van der Waals surface area contributed by atoms with Crippen LogP contribution in [-0.2, 0) is 6.42 Å². The van der Waals surface area contributed by atoms with Crippen LogP contribution in [0.5, 0.6) is 5.75 Å². The topological polar surface area (TPSA) is 121 Å². The van der Waals surface area contributed by atoms with E-state index in [9.17, 15) is 4.79 Å². The first-order chi connectivity index (χ1) is 17.7. The summed E-state index contributed by atoms with van der Waals surface area (Å²) in [7, 11) is 0. The van der Waals surface area contributed by atoms with Gasteiger partial charge in [-0.1, -0.05) is 53.6 Å². The summed E-state index contributed by atoms with van der Waals surface area (Å²) in [6.07, 6.45) is 2.35. The molecule has 5 rings (SSSR count). The number of aromatic nitrogens is 5. The quantitative estimate of drug-likeness (QED) is 0.349. The molecule has 10 heteroatoms. The molecule has 0 bridgehead atoms. The molecule has 1 aliphatic rings. The van der Waals surface area contributed by atoms with Crippen molar-refractivity contribution < 1.29 is 9.53 Å².